The Morgan fingerprint density at radius 2 is 2.11 bits per heavy atom. The number of alkyl halides is 1. The van der Waals surface area contributed by atoms with Gasteiger partial charge in [-0.3, -0.25) is 0 Å². The van der Waals surface area contributed by atoms with Crippen LogP contribution in [0.3, 0.4) is 0 Å². The number of halogens is 1. The molecule has 0 fully saturated rings. The Bertz CT molecular complexity index is 63.9. The molecule has 0 heterocycles. The van der Waals surface area contributed by atoms with E-state index in [1.807, 2.05) is 6.92 Å². The lowest BCUT2D eigenvalue weighted by Gasteiger charge is -2.10. The lowest BCUT2D eigenvalue weighted by atomic mass is 10.1. The Balaban J connectivity index is 3.16. The van der Waals surface area contributed by atoms with Gasteiger partial charge in [0.1, 0.15) is 0 Å². The zero-order valence-electron chi connectivity index (χ0n) is 6.10. The van der Waals surface area contributed by atoms with Crippen LogP contribution < -0.4 is 0 Å². The van der Waals surface area contributed by atoms with Crippen LogP contribution in [0.1, 0.15) is 33.1 Å². The molecule has 1 nitrogen and oxygen atoms in total. The predicted molar refractivity (Wildman–Crippen MR) is 43.9 cm³/mol. The van der Waals surface area contributed by atoms with Gasteiger partial charge in [-0.15, -0.1) is 0 Å². The van der Waals surface area contributed by atoms with Gasteiger partial charge in [0, 0.05) is 4.83 Å². The van der Waals surface area contributed by atoms with Gasteiger partial charge in [0.25, 0.3) is 0 Å². The molecule has 0 aromatic rings. The molecule has 0 saturated carbocycles. The van der Waals surface area contributed by atoms with Gasteiger partial charge in [-0.1, -0.05) is 35.7 Å². The molecule has 0 aliphatic rings. The van der Waals surface area contributed by atoms with E-state index in [2.05, 4.69) is 22.9 Å². The van der Waals surface area contributed by atoms with Crippen molar-refractivity contribution in [3.8, 4) is 0 Å². The van der Waals surface area contributed by atoms with Crippen molar-refractivity contribution >= 4 is 15.9 Å². The zero-order valence-corrected chi connectivity index (χ0v) is 7.69. The summed E-state index contributed by atoms with van der Waals surface area (Å²) in [6.45, 7) is 3.97. The summed E-state index contributed by atoms with van der Waals surface area (Å²) in [5, 5.41) is 9.00. The molecule has 0 amide bonds. The predicted octanol–water partition coefficient (Wildman–Crippen LogP) is 2.32. The third-order valence-electron chi connectivity index (χ3n) is 1.36. The van der Waals surface area contributed by atoms with Crippen LogP contribution in [-0.2, 0) is 0 Å². The Hall–Kier alpha value is 0.440. The SMILES string of the molecule is CCCC[C@@H](Br)[C@@H](C)O. The number of aliphatic hydroxyl groups is 1. The van der Waals surface area contributed by atoms with Crippen LogP contribution in [0.15, 0.2) is 0 Å². The summed E-state index contributed by atoms with van der Waals surface area (Å²) < 4.78 is 0. The number of hydrogen-bond donors (Lipinski definition) is 1. The minimum atomic E-state index is -0.212. The maximum Gasteiger partial charge on any atom is 0.0637 e. The van der Waals surface area contributed by atoms with Crippen molar-refractivity contribution in [3.05, 3.63) is 0 Å². The molecular formula is C7H15BrO. The van der Waals surface area contributed by atoms with Crippen molar-refractivity contribution in [2.24, 2.45) is 0 Å². The third-order valence-corrected chi connectivity index (χ3v) is 2.58. The minimum Gasteiger partial charge on any atom is -0.392 e. The molecule has 0 rings (SSSR count). The molecule has 56 valence electrons. The van der Waals surface area contributed by atoms with Gasteiger partial charge < -0.3 is 5.11 Å². The van der Waals surface area contributed by atoms with Gasteiger partial charge in [-0.25, -0.2) is 0 Å². The largest absolute Gasteiger partial charge is 0.392 e. The molecule has 9 heavy (non-hydrogen) atoms. The molecular weight excluding hydrogens is 180 g/mol. The topological polar surface area (TPSA) is 20.2 Å². The van der Waals surface area contributed by atoms with E-state index >= 15 is 0 Å². The van der Waals surface area contributed by atoms with E-state index in [0.717, 1.165) is 6.42 Å². The highest BCUT2D eigenvalue weighted by molar-refractivity contribution is 9.09. The summed E-state index contributed by atoms with van der Waals surface area (Å²) in [7, 11) is 0. The normalized spacial score (nSPS) is 17.3. The quantitative estimate of drug-likeness (QED) is 0.682. The highest BCUT2D eigenvalue weighted by Gasteiger charge is 2.08. The fourth-order valence-electron chi connectivity index (χ4n) is 0.640. The van der Waals surface area contributed by atoms with E-state index in [1.54, 1.807) is 0 Å². The molecule has 0 aromatic heterocycles. The fourth-order valence-corrected chi connectivity index (χ4v) is 0.964. The Labute approximate surface area is 65.6 Å². The van der Waals surface area contributed by atoms with E-state index < -0.39 is 0 Å². The maximum absolute atomic E-state index is 9.00. The smallest absolute Gasteiger partial charge is 0.0637 e. The fraction of sp³-hybridized carbons (Fsp3) is 1.00. The molecule has 0 aliphatic carbocycles. The number of aliphatic hydroxyl groups excluding tert-OH is 1. The van der Waals surface area contributed by atoms with Crippen molar-refractivity contribution in [1.29, 1.82) is 0 Å². The van der Waals surface area contributed by atoms with Crippen molar-refractivity contribution in [1.82, 2.24) is 0 Å². The van der Waals surface area contributed by atoms with Crippen molar-refractivity contribution in [2.45, 2.75) is 44.0 Å². The molecule has 0 aliphatic heterocycles. The van der Waals surface area contributed by atoms with Crippen LogP contribution in [0, 0.1) is 0 Å². The van der Waals surface area contributed by atoms with Crippen LogP contribution in [0.2, 0.25) is 0 Å². The number of rotatable bonds is 4. The summed E-state index contributed by atoms with van der Waals surface area (Å²) >= 11 is 3.39. The van der Waals surface area contributed by atoms with E-state index in [-0.39, 0.29) is 10.9 Å². The Morgan fingerprint density at radius 1 is 1.56 bits per heavy atom. The van der Waals surface area contributed by atoms with Crippen LogP contribution in [0.5, 0.6) is 0 Å². The molecule has 0 radical (unpaired) electrons. The molecule has 0 saturated heterocycles. The second-order valence-electron chi connectivity index (χ2n) is 2.40. The first-order chi connectivity index (χ1) is 4.18. The van der Waals surface area contributed by atoms with Crippen LogP contribution >= 0.6 is 15.9 Å². The van der Waals surface area contributed by atoms with E-state index in [4.69, 9.17) is 5.11 Å². The lowest BCUT2D eigenvalue weighted by molar-refractivity contribution is 0.189. The average molecular weight is 195 g/mol. The summed E-state index contributed by atoms with van der Waals surface area (Å²) in [5.74, 6) is 0. The minimum absolute atomic E-state index is 0.212. The first kappa shape index (κ1) is 9.44. The third kappa shape index (κ3) is 4.91. The molecule has 0 aromatic carbocycles. The lowest BCUT2D eigenvalue weighted by Crippen LogP contribution is -2.15. The van der Waals surface area contributed by atoms with Gasteiger partial charge in [0.05, 0.1) is 6.10 Å². The highest BCUT2D eigenvalue weighted by Crippen LogP contribution is 2.13. The van der Waals surface area contributed by atoms with Crippen LogP contribution in [0.4, 0.5) is 0 Å². The second-order valence-corrected chi connectivity index (χ2v) is 3.57. The second kappa shape index (κ2) is 5.24. The molecule has 1 N–H and O–H groups in total. The van der Waals surface area contributed by atoms with Crippen molar-refractivity contribution in [3.63, 3.8) is 0 Å². The molecule has 2 heteroatoms. The Morgan fingerprint density at radius 3 is 2.44 bits per heavy atom. The first-order valence-corrected chi connectivity index (χ1v) is 4.42. The van der Waals surface area contributed by atoms with Gasteiger partial charge in [-0.05, 0) is 13.3 Å². The van der Waals surface area contributed by atoms with E-state index in [9.17, 15) is 0 Å². The first-order valence-electron chi connectivity index (χ1n) is 3.50. The summed E-state index contributed by atoms with van der Waals surface area (Å²) in [5.41, 5.74) is 0. The summed E-state index contributed by atoms with van der Waals surface area (Å²) in [6, 6.07) is 0. The standard InChI is InChI=1S/C7H15BrO/c1-3-4-5-7(8)6(2)9/h6-7,9H,3-5H2,1-2H3/t6-,7-/m1/s1. The van der Waals surface area contributed by atoms with E-state index in [1.165, 1.54) is 12.8 Å². The van der Waals surface area contributed by atoms with Crippen molar-refractivity contribution < 1.29 is 5.11 Å². The molecule has 0 bridgehead atoms. The molecule has 0 spiro atoms. The van der Waals surface area contributed by atoms with Gasteiger partial charge in [0.15, 0.2) is 0 Å². The zero-order chi connectivity index (χ0) is 7.28. The van der Waals surface area contributed by atoms with E-state index in [0.29, 0.717) is 0 Å². The highest BCUT2D eigenvalue weighted by atomic mass is 79.9. The number of unbranched alkanes of at least 4 members (excludes halogenated alkanes) is 1. The Kier molecular flexibility index (Phi) is 5.50. The van der Waals surface area contributed by atoms with Crippen LogP contribution in [0.25, 0.3) is 0 Å². The molecule has 2 atom stereocenters. The molecule has 0 unspecified atom stereocenters. The summed E-state index contributed by atoms with van der Waals surface area (Å²) in [4.78, 5) is 0.289. The summed E-state index contributed by atoms with van der Waals surface area (Å²) in [6.07, 6.45) is 3.26. The van der Waals surface area contributed by atoms with Gasteiger partial charge >= 0.3 is 0 Å². The van der Waals surface area contributed by atoms with Gasteiger partial charge in [-0.2, -0.15) is 0 Å². The van der Waals surface area contributed by atoms with Gasteiger partial charge in [0.2, 0.25) is 0 Å². The van der Waals surface area contributed by atoms with Crippen LogP contribution in [-0.4, -0.2) is 16.0 Å². The average Bonchev–Trinajstić information content (AvgIpc) is 1.82. The number of hydrogen-bond acceptors (Lipinski definition) is 1. The maximum atomic E-state index is 9.00. The monoisotopic (exact) mass is 194 g/mol. The van der Waals surface area contributed by atoms with Crippen molar-refractivity contribution in [2.75, 3.05) is 0 Å².